The quantitative estimate of drug-likeness (QED) is 0.695. The third-order valence-electron chi connectivity index (χ3n) is 5.43. The standard InChI is InChI=1S/C22H29N3O4S/c1-17(24(2)16-18-7-6-8-20(15-18)29-3)22(26)23-19-9-11-21(12-10-19)30(27,28)25-13-4-5-14-25/h6-12,15,17H,4-5,13-14,16H2,1-3H3,(H,23,26). The van der Waals surface area contributed by atoms with Gasteiger partial charge in [-0.25, -0.2) is 8.42 Å². The molecule has 0 bridgehead atoms. The Hall–Kier alpha value is -2.42. The molecule has 1 unspecified atom stereocenters. The smallest absolute Gasteiger partial charge is 0.243 e. The van der Waals surface area contributed by atoms with Gasteiger partial charge in [0.25, 0.3) is 0 Å². The van der Waals surface area contributed by atoms with E-state index in [1.165, 1.54) is 4.31 Å². The lowest BCUT2D eigenvalue weighted by Crippen LogP contribution is -2.39. The molecule has 1 N–H and O–H groups in total. The van der Waals surface area contributed by atoms with Gasteiger partial charge in [0.05, 0.1) is 18.0 Å². The number of carbonyl (C=O) groups excluding carboxylic acids is 1. The molecule has 2 aromatic rings. The minimum absolute atomic E-state index is 0.157. The van der Waals surface area contributed by atoms with E-state index < -0.39 is 10.0 Å². The predicted molar refractivity (Wildman–Crippen MR) is 117 cm³/mol. The summed E-state index contributed by atoms with van der Waals surface area (Å²) in [5, 5.41) is 2.87. The fourth-order valence-corrected chi connectivity index (χ4v) is 4.95. The Balaban J connectivity index is 1.60. The zero-order valence-electron chi connectivity index (χ0n) is 17.7. The number of sulfonamides is 1. The SMILES string of the molecule is COc1cccc(CN(C)C(C)C(=O)Nc2ccc(S(=O)(=O)N3CCCC3)cc2)c1. The van der Waals surface area contributed by atoms with Crippen LogP contribution in [0.5, 0.6) is 5.75 Å². The van der Waals surface area contributed by atoms with Gasteiger partial charge in [0.2, 0.25) is 15.9 Å². The summed E-state index contributed by atoms with van der Waals surface area (Å²) in [7, 11) is 0.0580. The maximum atomic E-state index is 12.7. The van der Waals surface area contributed by atoms with Crippen LogP contribution in [0.25, 0.3) is 0 Å². The molecule has 1 heterocycles. The van der Waals surface area contributed by atoms with Crippen molar-refractivity contribution in [3.63, 3.8) is 0 Å². The van der Waals surface area contributed by atoms with Crippen LogP contribution in [-0.4, -0.2) is 56.8 Å². The highest BCUT2D eigenvalue weighted by molar-refractivity contribution is 7.89. The first-order valence-corrected chi connectivity index (χ1v) is 11.5. The molecule has 1 aliphatic rings. The average Bonchev–Trinajstić information content (AvgIpc) is 3.29. The number of likely N-dealkylation sites (N-methyl/N-ethyl adjacent to an activating group) is 1. The van der Waals surface area contributed by atoms with Crippen molar-refractivity contribution in [1.82, 2.24) is 9.21 Å². The summed E-state index contributed by atoms with van der Waals surface area (Å²) < 4.78 is 32.0. The minimum atomic E-state index is -3.45. The molecular formula is C22H29N3O4S. The van der Waals surface area contributed by atoms with Crippen LogP contribution in [0.4, 0.5) is 5.69 Å². The van der Waals surface area contributed by atoms with Gasteiger partial charge >= 0.3 is 0 Å². The van der Waals surface area contributed by atoms with Gasteiger partial charge in [-0.05, 0) is 68.8 Å². The Labute approximate surface area is 178 Å². The van der Waals surface area contributed by atoms with Crippen LogP contribution < -0.4 is 10.1 Å². The summed E-state index contributed by atoms with van der Waals surface area (Å²) in [6, 6.07) is 13.7. The van der Waals surface area contributed by atoms with E-state index >= 15 is 0 Å². The first-order chi connectivity index (χ1) is 14.3. The topological polar surface area (TPSA) is 79.0 Å². The van der Waals surface area contributed by atoms with Crippen molar-refractivity contribution in [1.29, 1.82) is 0 Å². The molecule has 1 amide bonds. The number of amides is 1. The summed E-state index contributed by atoms with van der Waals surface area (Å²) in [6.07, 6.45) is 1.79. The van der Waals surface area contributed by atoms with Gasteiger partial charge in [-0.2, -0.15) is 4.31 Å². The molecule has 0 aromatic heterocycles. The van der Waals surface area contributed by atoms with Gasteiger partial charge in [0, 0.05) is 25.3 Å². The molecule has 162 valence electrons. The molecule has 0 spiro atoms. The van der Waals surface area contributed by atoms with Crippen LogP contribution in [0, 0.1) is 0 Å². The van der Waals surface area contributed by atoms with Crippen molar-refractivity contribution < 1.29 is 17.9 Å². The van der Waals surface area contributed by atoms with Crippen molar-refractivity contribution in [3.8, 4) is 5.75 Å². The molecule has 0 radical (unpaired) electrons. The van der Waals surface area contributed by atoms with Crippen LogP contribution in [0.15, 0.2) is 53.4 Å². The highest BCUT2D eigenvalue weighted by Gasteiger charge is 2.27. The summed E-state index contributed by atoms with van der Waals surface area (Å²) in [4.78, 5) is 14.9. The second-order valence-corrected chi connectivity index (χ2v) is 9.51. The van der Waals surface area contributed by atoms with Crippen LogP contribution in [-0.2, 0) is 21.4 Å². The van der Waals surface area contributed by atoms with E-state index in [4.69, 9.17) is 4.74 Å². The molecule has 3 rings (SSSR count). The largest absolute Gasteiger partial charge is 0.497 e. The predicted octanol–water partition coefficient (Wildman–Crippen LogP) is 2.94. The van der Waals surface area contributed by atoms with Gasteiger partial charge in [-0.15, -0.1) is 0 Å². The molecule has 2 aromatic carbocycles. The number of nitrogens with one attached hydrogen (secondary N) is 1. The highest BCUT2D eigenvalue weighted by atomic mass is 32.2. The molecule has 0 aliphatic carbocycles. The second kappa shape index (κ2) is 9.59. The van der Waals surface area contributed by atoms with Crippen molar-refractivity contribution in [2.24, 2.45) is 0 Å². The molecule has 1 saturated heterocycles. The van der Waals surface area contributed by atoms with E-state index in [2.05, 4.69) is 5.32 Å². The molecular weight excluding hydrogens is 402 g/mol. The zero-order chi connectivity index (χ0) is 21.7. The van der Waals surface area contributed by atoms with Gasteiger partial charge < -0.3 is 10.1 Å². The average molecular weight is 432 g/mol. The number of anilines is 1. The molecule has 1 aliphatic heterocycles. The van der Waals surface area contributed by atoms with Crippen molar-refractivity contribution >= 4 is 21.6 Å². The number of ether oxygens (including phenoxy) is 1. The number of benzene rings is 2. The van der Waals surface area contributed by atoms with E-state index in [0.29, 0.717) is 25.3 Å². The number of nitrogens with zero attached hydrogens (tertiary/aromatic N) is 2. The highest BCUT2D eigenvalue weighted by Crippen LogP contribution is 2.22. The Morgan fingerprint density at radius 2 is 1.83 bits per heavy atom. The minimum Gasteiger partial charge on any atom is -0.497 e. The van der Waals surface area contributed by atoms with Gasteiger partial charge in [-0.3, -0.25) is 9.69 Å². The lowest BCUT2D eigenvalue weighted by Gasteiger charge is -2.24. The lowest BCUT2D eigenvalue weighted by atomic mass is 10.1. The zero-order valence-corrected chi connectivity index (χ0v) is 18.5. The normalized spacial score (nSPS) is 15.9. The first-order valence-electron chi connectivity index (χ1n) is 10.1. The maximum Gasteiger partial charge on any atom is 0.243 e. The summed E-state index contributed by atoms with van der Waals surface area (Å²) in [6.45, 7) is 3.57. The number of methoxy groups -OCH3 is 1. The van der Waals surface area contributed by atoms with Crippen LogP contribution in [0.1, 0.15) is 25.3 Å². The van der Waals surface area contributed by atoms with E-state index in [9.17, 15) is 13.2 Å². The molecule has 1 fully saturated rings. The maximum absolute atomic E-state index is 12.7. The van der Waals surface area contributed by atoms with E-state index in [1.54, 1.807) is 31.4 Å². The van der Waals surface area contributed by atoms with Crippen molar-refractivity contribution in [2.45, 2.75) is 37.2 Å². The summed E-state index contributed by atoms with van der Waals surface area (Å²) in [5.41, 5.74) is 1.62. The molecule has 8 heteroatoms. The van der Waals surface area contributed by atoms with Gasteiger partial charge in [-0.1, -0.05) is 12.1 Å². The molecule has 1 atom stereocenters. The number of carbonyl (C=O) groups is 1. The van der Waals surface area contributed by atoms with Crippen LogP contribution >= 0.6 is 0 Å². The fourth-order valence-electron chi connectivity index (χ4n) is 3.43. The van der Waals surface area contributed by atoms with Gasteiger partial charge in [0.15, 0.2) is 0 Å². The Morgan fingerprint density at radius 3 is 2.47 bits per heavy atom. The number of hydrogen-bond acceptors (Lipinski definition) is 5. The van der Waals surface area contributed by atoms with E-state index in [1.807, 2.05) is 43.1 Å². The third-order valence-corrected chi connectivity index (χ3v) is 7.34. The molecule has 0 saturated carbocycles. The van der Waals surface area contributed by atoms with E-state index in [0.717, 1.165) is 24.2 Å². The Kier molecular flexibility index (Phi) is 7.12. The van der Waals surface area contributed by atoms with Crippen molar-refractivity contribution in [2.75, 3.05) is 32.6 Å². The Morgan fingerprint density at radius 1 is 1.17 bits per heavy atom. The Bertz CT molecular complexity index is 970. The lowest BCUT2D eigenvalue weighted by molar-refractivity contribution is -0.120. The monoisotopic (exact) mass is 431 g/mol. The van der Waals surface area contributed by atoms with Crippen LogP contribution in [0.3, 0.4) is 0 Å². The molecule has 7 nitrogen and oxygen atoms in total. The van der Waals surface area contributed by atoms with Crippen LogP contribution in [0.2, 0.25) is 0 Å². The number of rotatable bonds is 8. The van der Waals surface area contributed by atoms with Crippen molar-refractivity contribution in [3.05, 3.63) is 54.1 Å². The third kappa shape index (κ3) is 5.19. The second-order valence-electron chi connectivity index (χ2n) is 7.57. The summed E-state index contributed by atoms with van der Waals surface area (Å²) in [5.74, 6) is 0.623. The summed E-state index contributed by atoms with van der Waals surface area (Å²) >= 11 is 0. The first kappa shape index (κ1) is 22.3. The van der Waals surface area contributed by atoms with E-state index in [-0.39, 0.29) is 16.8 Å². The number of hydrogen-bond donors (Lipinski definition) is 1. The van der Waals surface area contributed by atoms with Gasteiger partial charge in [0.1, 0.15) is 5.75 Å². The molecule has 30 heavy (non-hydrogen) atoms. The fraction of sp³-hybridized carbons (Fsp3) is 0.409.